The van der Waals surface area contributed by atoms with Crippen molar-refractivity contribution < 1.29 is 9.32 Å². The molecule has 1 amide bonds. The normalized spacial score (nSPS) is 17.4. The lowest BCUT2D eigenvalue weighted by atomic mass is 10.1. The molecule has 1 aliphatic heterocycles. The second kappa shape index (κ2) is 8.05. The van der Waals surface area contributed by atoms with E-state index in [1.807, 2.05) is 65.2 Å². The van der Waals surface area contributed by atoms with Gasteiger partial charge >= 0.3 is 0 Å². The summed E-state index contributed by atoms with van der Waals surface area (Å²) < 4.78 is 5.58. The molecule has 1 fully saturated rings. The van der Waals surface area contributed by atoms with Crippen molar-refractivity contribution in [3.8, 4) is 11.3 Å². The predicted octanol–water partition coefficient (Wildman–Crippen LogP) is 5.88. The minimum atomic E-state index is 0.0829. The summed E-state index contributed by atoms with van der Waals surface area (Å²) in [6, 6.07) is 19.8. The SMILES string of the molecule is O=C(c1ccc2noc(-c3ccccc3)c2c1)N1CCSC(c2cccs2)CC1. The number of fused-ring (bicyclic) bond motifs is 1. The Labute approximate surface area is 177 Å². The van der Waals surface area contributed by atoms with E-state index >= 15 is 0 Å². The zero-order valence-electron chi connectivity index (χ0n) is 15.8. The van der Waals surface area contributed by atoms with E-state index in [0.29, 0.717) is 16.6 Å². The Morgan fingerprint density at radius 2 is 1.97 bits per heavy atom. The number of aromatic nitrogens is 1. The molecule has 1 atom stereocenters. The first-order chi connectivity index (χ1) is 14.3. The van der Waals surface area contributed by atoms with Gasteiger partial charge in [-0.15, -0.1) is 11.3 Å². The van der Waals surface area contributed by atoms with Crippen LogP contribution in [0.1, 0.15) is 26.9 Å². The lowest BCUT2D eigenvalue weighted by molar-refractivity contribution is 0.0767. The maximum Gasteiger partial charge on any atom is 0.253 e. The minimum absolute atomic E-state index is 0.0829. The fourth-order valence-corrected chi connectivity index (χ4v) is 5.97. The molecule has 0 saturated carbocycles. The lowest BCUT2D eigenvalue weighted by Gasteiger charge is -2.20. The van der Waals surface area contributed by atoms with Crippen LogP contribution in [0.5, 0.6) is 0 Å². The molecule has 29 heavy (non-hydrogen) atoms. The average molecular weight is 421 g/mol. The molecule has 0 N–H and O–H groups in total. The van der Waals surface area contributed by atoms with Gasteiger partial charge in [-0.2, -0.15) is 11.8 Å². The van der Waals surface area contributed by atoms with Crippen molar-refractivity contribution in [1.82, 2.24) is 10.1 Å². The average Bonchev–Trinajstić information content (AvgIpc) is 3.38. The lowest BCUT2D eigenvalue weighted by Crippen LogP contribution is -2.32. The highest BCUT2D eigenvalue weighted by molar-refractivity contribution is 7.99. The van der Waals surface area contributed by atoms with Gasteiger partial charge in [-0.05, 0) is 36.1 Å². The van der Waals surface area contributed by atoms with Gasteiger partial charge in [-0.1, -0.05) is 41.6 Å². The smallest absolute Gasteiger partial charge is 0.253 e. The van der Waals surface area contributed by atoms with Crippen molar-refractivity contribution in [3.63, 3.8) is 0 Å². The molecule has 1 unspecified atom stereocenters. The van der Waals surface area contributed by atoms with Crippen LogP contribution >= 0.6 is 23.1 Å². The number of thioether (sulfide) groups is 1. The Balaban J connectivity index is 1.39. The van der Waals surface area contributed by atoms with Gasteiger partial charge in [-0.3, -0.25) is 4.79 Å². The molecule has 5 rings (SSSR count). The van der Waals surface area contributed by atoms with Crippen LogP contribution in [0.3, 0.4) is 0 Å². The van der Waals surface area contributed by atoms with Crippen LogP contribution < -0.4 is 0 Å². The van der Waals surface area contributed by atoms with Crippen molar-refractivity contribution in [1.29, 1.82) is 0 Å². The van der Waals surface area contributed by atoms with Crippen LogP contribution in [-0.4, -0.2) is 34.8 Å². The predicted molar refractivity (Wildman–Crippen MR) is 119 cm³/mol. The molecular weight excluding hydrogens is 400 g/mol. The standard InChI is InChI=1S/C23H20N2O2S2/c26-23(25-11-10-21(29-14-12-25)20-7-4-13-28-20)17-8-9-19-18(15-17)22(27-24-19)16-5-2-1-3-6-16/h1-9,13,15,21H,10-12,14H2. The first-order valence-corrected chi connectivity index (χ1v) is 11.6. The molecule has 3 heterocycles. The van der Waals surface area contributed by atoms with Crippen molar-refractivity contribution >= 4 is 39.9 Å². The number of hydrogen-bond acceptors (Lipinski definition) is 5. The summed E-state index contributed by atoms with van der Waals surface area (Å²) in [6.07, 6.45) is 0.988. The topological polar surface area (TPSA) is 46.3 Å². The van der Waals surface area contributed by atoms with Crippen molar-refractivity contribution in [2.75, 3.05) is 18.8 Å². The molecule has 0 bridgehead atoms. The quantitative estimate of drug-likeness (QED) is 0.415. The molecule has 0 aliphatic carbocycles. The fraction of sp³-hybridized carbons (Fsp3) is 0.217. The summed E-state index contributed by atoms with van der Waals surface area (Å²) in [5.74, 6) is 1.75. The first kappa shape index (κ1) is 18.5. The summed E-state index contributed by atoms with van der Waals surface area (Å²) in [7, 11) is 0. The second-order valence-corrected chi connectivity index (χ2v) is 9.36. The maximum absolute atomic E-state index is 13.2. The molecule has 6 heteroatoms. The number of carbonyl (C=O) groups is 1. The third-order valence-corrected chi connectivity index (χ3v) is 7.69. The Hall–Kier alpha value is -2.57. The van der Waals surface area contributed by atoms with Gasteiger partial charge in [0, 0.05) is 40.1 Å². The van der Waals surface area contributed by atoms with Gasteiger partial charge in [0.2, 0.25) is 0 Å². The van der Waals surface area contributed by atoms with Crippen LogP contribution in [0.2, 0.25) is 0 Å². The zero-order chi connectivity index (χ0) is 19.6. The van der Waals surface area contributed by atoms with E-state index < -0.39 is 0 Å². The Bertz CT molecular complexity index is 1120. The van der Waals surface area contributed by atoms with E-state index in [-0.39, 0.29) is 5.91 Å². The highest BCUT2D eigenvalue weighted by Crippen LogP contribution is 2.37. The summed E-state index contributed by atoms with van der Waals surface area (Å²) >= 11 is 3.76. The third kappa shape index (κ3) is 3.70. The highest BCUT2D eigenvalue weighted by Gasteiger charge is 2.24. The van der Waals surface area contributed by atoms with Gasteiger partial charge < -0.3 is 9.42 Å². The molecule has 1 saturated heterocycles. The van der Waals surface area contributed by atoms with Crippen molar-refractivity contribution in [2.24, 2.45) is 0 Å². The molecule has 2 aromatic carbocycles. The molecule has 1 aliphatic rings. The summed E-state index contributed by atoms with van der Waals surface area (Å²) in [5, 5.41) is 7.65. The summed E-state index contributed by atoms with van der Waals surface area (Å²) in [4.78, 5) is 16.6. The van der Waals surface area contributed by atoms with Crippen LogP contribution in [0, 0.1) is 0 Å². The highest BCUT2D eigenvalue weighted by atomic mass is 32.2. The number of nitrogens with zero attached hydrogens (tertiary/aromatic N) is 2. The summed E-state index contributed by atoms with van der Waals surface area (Å²) in [5.41, 5.74) is 2.42. The monoisotopic (exact) mass is 420 g/mol. The van der Waals surface area contributed by atoms with Crippen molar-refractivity contribution in [2.45, 2.75) is 11.7 Å². The van der Waals surface area contributed by atoms with Crippen LogP contribution in [0.4, 0.5) is 0 Å². The van der Waals surface area contributed by atoms with Gasteiger partial charge in [0.25, 0.3) is 5.91 Å². The number of thiophene rings is 1. The molecular formula is C23H20N2O2S2. The van der Waals surface area contributed by atoms with E-state index in [1.54, 1.807) is 11.3 Å². The largest absolute Gasteiger partial charge is 0.355 e. The number of amides is 1. The van der Waals surface area contributed by atoms with Crippen LogP contribution in [0.25, 0.3) is 22.2 Å². The van der Waals surface area contributed by atoms with E-state index in [0.717, 1.165) is 41.7 Å². The zero-order valence-corrected chi connectivity index (χ0v) is 17.4. The summed E-state index contributed by atoms with van der Waals surface area (Å²) in [6.45, 7) is 1.56. The Morgan fingerprint density at radius 1 is 1.07 bits per heavy atom. The van der Waals surface area contributed by atoms with E-state index in [1.165, 1.54) is 4.88 Å². The van der Waals surface area contributed by atoms with Crippen LogP contribution in [-0.2, 0) is 0 Å². The minimum Gasteiger partial charge on any atom is -0.355 e. The van der Waals surface area contributed by atoms with E-state index in [4.69, 9.17) is 4.52 Å². The molecule has 0 spiro atoms. The van der Waals surface area contributed by atoms with Gasteiger partial charge in [0.05, 0.1) is 5.39 Å². The number of hydrogen-bond donors (Lipinski definition) is 0. The van der Waals surface area contributed by atoms with Gasteiger partial charge in [0.1, 0.15) is 5.52 Å². The second-order valence-electron chi connectivity index (χ2n) is 7.07. The number of benzene rings is 2. The molecule has 2 aromatic heterocycles. The van der Waals surface area contributed by atoms with Crippen LogP contribution in [0.15, 0.2) is 70.6 Å². The Kier molecular flexibility index (Phi) is 5.12. The van der Waals surface area contributed by atoms with Gasteiger partial charge in [-0.25, -0.2) is 0 Å². The molecule has 4 aromatic rings. The molecule has 0 radical (unpaired) electrons. The number of rotatable bonds is 3. The number of carbonyl (C=O) groups excluding carboxylic acids is 1. The third-order valence-electron chi connectivity index (χ3n) is 5.25. The van der Waals surface area contributed by atoms with E-state index in [2.05, 4.69) is 22.7 Å². The molecule has 146 valence electrons. The first-order valence-electron chi connectivity index (χ1n) is 9.69. The Morgan fingerprint density at radius 3 is 2.79 bits per heavy atom. The van der Waals surface area contributed by atoms with Gasteiger partial charge in [0.15, 0.2) is 5.76 Å². The van der Waals surface area contributed by atoms with Crippen molar-refractivity contribution in [3.05, 3.63) is 76.5 Å². The maximum atomic E-state index is 13.2. The van der Waals surface area contributed by atoms with E-state index in [9.17, 15) is 4.79 Å². The fourth-order valence-electron chi connectivity index (χ4n) is 3.73. The molecule has 4 nitrogen and oxygen atoms in total.